The number of hydrogen-bond donors (Lipinski definition) is 2. The van der Waals surface area contributed by atoms with Crippen LogP contribution in [0.25, 0.3) is 11.1 Å². The van der Waals surface area contributed by atoms with Crippen LogP contribution in [0.4, 0.5) is 10.1 Å². The van der Waals surface area contributed by atoms with Gasteiger partial charge in [0.25, 0.3) is 10.0 Å². The summed E-state index contributed by atoms with van der Waals surface area (Å²) in [6.07, 6.45) is 1.85. The number of halogens is 2. The van der Waals surface area contributed by atoms with E-state index in [1.165, 1.54) is 18.2 Å². The van der Waals surface area contributed by atoms with Crippen LogP contribution in [0.1, 0.15) is 12.8 Å². The van der Waals surface area contributed by atoms with E-state index in [1.807, 2.05) is 0 Å². The number of sulfonamides is 1. The number of benzene rings is 2. The number of nitrogens with one attached hydrogen (secondary N) is 2. The van der Waals surface area contributed by atoms with Gasteiger partial charge in [-0.3, -0.25) is 0 Å². The van der Waals surface area contributed by atoms with Crippen LogP contribution in [0.5, 0.6) is 0 Å². The quantitative estimate of drug-likeness (QED) is 0.814. The van der Waals surface area contributed by atoms with Gasteiger partial charge >= 0.3 is 0 Å². The molecule has 1 atom stereocenters. The summed E-state index contributed by atoms with van der Waals surface area (Å²) in [5, 5.41) is 2.95. The number of anilines is 1. The van der Waals surface area contributed by atoms with E-state index in [4.69, 9.17) is 16.3 Å². The summed E-state index contributed by atoms with van der Waals surface area (Å²) in [5.41, 5.74) is 1.19. The van der Waals surface area contributed by atoms with Crippen LogP contribution in [0.15, 0.2) is 46.3 Å². The highest BCUT2D eigenvalue weighted by atomic mass is 35.5. The maximum Gasteiger partial charge on any atom is 0.266 e. The van der Waals surface area contributed by atoms with Crippen LogP contribution in [-0.4, -0.2) is 33.6 Å². The van der Waals surface area contributed by atoms with Gasteiger partial charge in [-0.1, -0.05) is 35.9 Å². The van der Waals surface area contributed by atoms with E-state index >= 15 is 0 Å². The molecule has 27 heavy (non-hydrogen) atoms. The number of rotatable bonds is 3. The first kappa shape index (κ1) is 18.2. The average Bonchev–Trinajstić information content (AvgIpc) is 3.15. The minimum absolute atomic E-state index is 0.0156. The summed E-state index contributed by atoms with van der Waals surface area (Å²) in [5.74, 6) is -0.464. The van der Waals surface area contributed by atoms with Crippen molar-refractivity contribution in [1.29, 1.82) is 0 Å². The van der Waals surface area contributed by atoms with E-state index in [1.54, 1.807) is 18.2 Å². The van der Waals surface area contributed by atoms with Gasteiger partial charge in [0.05, 0.1) is 23.4 Å². The van der Waals surface area contributed by atoms with Crippen LogP contribution in [0.3, 0.4) is 0 Å². The lowest BCUT2D eigenvalue weighted by Crippen LogP contribution is -2.41. The van der Waals surface area contributed by atoms with Crippen LogP contribution >= 0.6 is 11.6 Å². The minimum Gasteiger partial charge on any atom is -0.376 e. The highest BCUT2D eigenvalue weighted by Crippen LogP contribution is 2.39. The number of hydrogen-bond acceptors (Lipinski definition) is 4. The summed E-state index contributed by atoms with van der Waals surface area (Å²) in [6, 6.07) is 9.16. The monoisotopic (exact) mass is 409 g/mol. The highest BCUT2D eigenvalue weighted by Gasteiger charge is 2.29. The highest BCUT2D eigenvalue weighted by molar-refractivity contribution is 7.90. The average molecular weight is 410 g/mol. The number of fused-ring (bicyclic) bond motifs is 1. The molecule has 4 rings (SSSR count). The molecule has 9 heteroatoms. The first-order valence-corrected chi connectivity index (χ1v) is 10.3. The van der Waals surface area contributed by atoms with Gasteiger partial charge in [-0.15, -0.1) is 0 Å². The van der Waals surface area contributed by atoms with Crippen molar-refractivity contribution in [1.82, 2.24) is 4.72 Å². The Morgan fingerprint density at radius 2 is 2.00 bits per heavy atom. The van der Waals surface area contributed by atoms with E-state index in [0.29, 0.717) is 30.0 Å². The van der Waals surface area contributed by atoms with Gasteiger partial charge in [0.15, 0.2) is 0 Å². The van der Waals surface area contributed by atoms with E-state index in [0.717, 1.165) is 12.8 Å². The lowest BCUT2D eigenvalue weighted by atomic mass is 10.0. The van der Waals surface area contributed by atoms with Crippen molar-refractivity contribution in [2.75, 3.05) is 18.5 Å². The fourth-order valence-corrected chi connectivity index (χ4v) is 4.59. The standard InChI is InChI=1S/C18H17ClFN3O3S/c19-16-12(5-1-7-14(16)20)13-6-2-8-15-17(13)22-18(23-27(15,24)25)21-10-11-4-3-9-26-11/h1-2,5-8,11H,3-4,9-10H2,(H2,21,22,23). The SMILES string of the molecule is O=S1(=O)NC(=NCC2CCCO2)Nc2c(-c3cccc(F)c3Cl)cccc21. The molecule has 2 heterocycles. The Morgan fingerprint density at radius 1 is 1.22 bits per heavy atom. The molecule has 0 radical (unpaired) electrons. The lowest BCUT2D eigenvalue weighted by Gasteiger charge is -2.24. The van der Waals surface area contributed by atoms with E-state index in [9.17, 15) is 12.8 Å². The minimum atomic E-state index is -3.81. The number of aliphatic imine (C=N–C) groups is 1. The van der Waals surface area contributed by atoms with Crippen molar-refractivity contribution in [2.45, 2.75) is 23.8 Å². The maximum absolute atomic E-state index is 13.9. The number of para-hydroxylation sites is 1. The molecular formula is C18H17ClFN3O3S. The van der Waals surface area contributed by atoms with E-state index in [-0.39, 0.29) is 22.0 Å². The third-order valence-corrected chi connectivity index (χ3v) is 6.27. The summed E-state index contributed by atoms with van der Waals surface area (Å²) < 4.78 is 47.1. The van der Waals surface area contributed by atoms with Crippen molar-refractivity contribution < 1.29 is 17.5 Å². The molecule has 2 N–H and O–H groups in total. The summed E-state index contributed by atoms with van der Waals surface area (Å²) in [6.45, 7) is 1.04. The molecule has 2 aromatic rings. The molecule has 1 unspecified atom stereocenters. The predicted octanol–water partition coefficient (Wildman–Crippen LogP) is 3.38. The van der Waals surface area contributed by atoms with Crippen LogP contribution < -0.4 is 10.0 Å². The Labute approximate surface area is 161 Å². The molecule has 1 saturated heterocycles. The van der Waals surface area contributed by atoms with Gasteiger partial charge in [-0.05, 0) is 25.0 Å². The van der Waals surface area contributed by atoms with Gasteiger partial charge < -0.3 is 10.1 Å². The van der Waals surface area contributed by atoms with Crippen molar-refractivity contribution in [2.24, 2.45) is 4.99 Å². The van der Waals surface area contributed by atoms with E-state index < -0.39 is 15.8 Å². The second-order valence-electron chi connectivity index (χ2n) is 6.33. The molecule has 6 nitrogen and oxygen atoms in total. The molecule has 0 aliphatic carbocycles. The zero-order valence-corrected chi connectivity index (χ0v) is 15.8. The van der Waals surface area contributed by atoms with E-state index in [2.05, 4.69) is 15.0 Å². The van der Waals surface area contributed by atoms with Crippen LogP contribution in [0.2, 0.25) is 5.02 Å². The maximum atomic E-state index is 13.9. The first-order chi connectivity index (χ1) is 13.0. The molecule has 0 amide bonds. The molecular weight excluding hydrogens is 393 g/mol. The fraction of sp³-hybridized carbons (Fsp3) is 0.278. The van der Waals surface area contributed by atoms with Gasteiger partial charge in [0.2, 0.25) is 5.96 Å². The zero-order chi connectivity index (χ0) is 19.0. The molecule has 2 aliphatic heterocycles. The van der Waals surface area contributed by atoms with Crippen molar-refractivity contribution in [3.05, 3.63) is 47.2 Å². The molecule has 0 aromatic heterocycles. The molecule has 1 fully saturated rings. The van der Waals surface area contributed by atoms with Crippen LogP contribution in [0, 0.1) is 5.82 Å². The summed E-state index contributed by atoms with van der Waals surface area (Å²) in [4.78, 5) is 4.37. The largest absolute Gasteiger partial charge is 0.376 e. The normalized spacial score (nSPS) is 22.1. The van der Waals surface area contributed by atoms with Gasteiger partial charge in [0, 0.05) is 17.7 Å². The van der Waals surface area contributed by atoms with Crippen LogP contribution in [-0.2, 0) is 14.8 Å². The Bertz CT molecular complexity index is 1020. The Hall–Kier alpha value is -2.16. The third-order valence-electron chi connectivity index (χ3n) is 4.51. The van der Waals surface area contributed by atoms with Crippen molar-refractivity contribution >= 4 is 33.3 Å². The molecule has 2 aromatic carbocycles. The second kappa shape index (κ2) is 7.10. The molecule has 0 saturated carbocycles. The Kier molecular flexibility index (Phi) is 4.79. The Morgan fingerprint density at radius 3 is 2.78 bits per heavy atom. The zero-order valence-electron chi connectivity index (χ0n) is 14.2. The number of guanidine groups is 1. The van der Waals surface area contributed by atoms with Gasteiger partial charge in [-0.2, -0.15) is 0 Å². The number of ether oxygens (including phenoxy) is 1. The number of nitrogens with zero attached hydrogens (tertiary/aromatic N) is 1. The van der Waals surface area contributed by atoms with Gasteiger partial charge in [-0.25, -0.2) is 22.5 Å². The summed E-state index contributed by atoms with van der Waals surface area (Å²) in [7, 11) is -3.81. The molecule has 2 aliphatic rings. The molecule has 0 bridgehead atoms. The summed E-state index contributed by atoms with van der Waals surface area (Å²) >= 11 is 6.11. The van der Waals surface area contributed by atoms with Crippen molar-refractivity contribution in [3.63, 3.8) is 0 Å². The Balaban J connectivity index is 1.77. The molecule has 0 spiro atoms. The topological polar surface area (TPSA) is 79.8 Å². The van der Waals surface area contributed by atoms with Gasteiger partial charge in [0.1, 0.15) is 10.7 Å². The first-order valence-electron chi connectivity index (χ1n) is 8.49. The molecule has 142 valence electrons. The predicted molar refractivity (Wildman–Crippen MR) is 102 cm³/mol. The fourth-order valence-electron chi connectivity index (χ4n) is 3.20. The third kappa shape index (κ3) is 3.52. The second-order valence-corrected chi connectivity index (χ2v) is 8.36. The lowest BCUT2D eigenvalue weighted by molar-refractivity contribution is 0.118. The smallest absolute Gasteiger partial charge is 0.266 e. The van der Waals surface area contributed by atoms with Crippen molar-refractivity contribution in [3.8, 4) is 11.1 Å².